The van der Waals surface area contributed by atoms with Crippen molar-refractivity contribution in [3.05, 3.63) is 196 Å². The second-order valence-corrected chi connectivity index (χ2v) is 20.9. The van der Waals surface area contributed by atoms with E-state index in [4.69, 9.17) is 44.9 Å². The van der Waals surface area contributed by atoms with Crippen LogP contribution in [0.15, 0.2) is 134 Å². The number of phenols is 1. The fourth-order valence-electron chi connectivity index (χ4n) is 10.8. The Labute approximate surface area is 484 Å². The summed E-state index contributed by atoms with van der Waals surface area (Å²) in [5, 5.41) is 56.7. The van der Waals surface area contributed by atoms with Gasteiger partial charge in [0.15, 0.2) is 17.5 Å². The number of ether oxygens (including phenoxy) is 2. The van der Waals surface area contributed by atoms with Crippen LogP contribution in [0.25, 0.3) is 49.8 Å². The number of aromatic nitrogens is 15. The van der Waals surface area contributed by atoms with Crippen LogP contribution >= 0.6 is 0 Å². The number of aryl methyl sites for hydroxylation is 4. The van der Waals surface area contributed by atoms with E-state index in [1.54, 1.807) is 25.4 Å². The van der Waals surface area contributed by atoms with Crippen LogP contribution in [0.2, 0.25) is 0 Å². The standard InChI is InChI=1S/C63H62N18O3/c1-10-84-52-28-22-48(23-29-52)79-40(4)55-38(2)67-70-61(58(55)73-79)77(7)36-45-16-14-42(33-65-45)31-53-57-41(5)80(47-18-24-50(82)25-19-47)74-60(57)63(72-69-53)78(8)37-46-17-15-43(34-66-46)32-54-56-39(3)68-71-62(76(6)35-44-13-11-12-30-64-44)59(56)75-81(54)49-20-26-51(83-9)27-21-49/h11-30,33-34,82H,10,31-32,35-37H2,1-9H3. The Hall–Kier alpha value is -10.4. The first-order chi connectivity index (χ1) is 40.8. The van der Waals surface area contributed by atoms with Gasteiger partial charge in [0, 0.05) is 52.6 Å². The maximum atomic E-state index is 10.2. The zero-order chi connectivity index (χ0) is 58.2. The van der Waals surface area contributed by atoms with Gasteiger partial charge in [0.1, 0.15) is 33.8 Å². The lowest BCUT2D eigenvalue weighted by molar-refractivity contribution is 0.340. The van der Waals surface area contributed by atoms with Crippen LogP contribution in [0.3, 0.4) is 0 Å². The van der Waals surface area contributed by atoms with Gasteiger partial charge in [-0.25, -0.2) is 14.0 Å². The summed E-state index contributed by atoms with van der Waals surface area (Å²) in [5.74, 6) is 3.64. The van der Waals surface area contributed by atoms with Crippen LogP contribution in [0.1, 0.15) is 69.3 Å². The van der Waals surface area contributed by atoms with Gasteiger partial charge in [0.25, 0.3) is 0 Å². The second-order valence-electron chi connectivity index (χ2n) is 20.9. The van der Waals surface area contributed by atoms with Crippen LogP contribution in [-0.4, -0.2) is 115 Å². The van der Waals surface area contributed by atoms with Crippen molar-refractivity contribution in [3.8, 4) is 34.3 Å². The molecule has 0 aliphatic rings. The van der Waals surface area contributed by atoms with Gasteiger partial charge >= 0.3 is 0 Å². The van der Waals surface area contributed by atoms with E-state index >= 15 is 0 Å². The van der Waals surface area contributed by atoms with Crippen molar-refractivity contribution >= 4 is 50.2 Å². The molecular weight excluding hydrogens is 1060 g/mol. The molecule has 0 amide bonds. The molecule has 12 aromatic rings. The molecular formula is C63H62N18O3. The first-order valence-electron chi connectivity index (χ1n) is 27.6. The van der Waals surface area contributed by atoms with Gasteiger partial charge in [-0.2, -0.15) is 30.6 Å². The number of nitrogens with zero attached hydrogens (tertiary/aromatic N) is 18. The summed E-state index contributed by atoms with van der Waals surface area (Å²) in [6.45, 7) is 12.0. The van der Waals surface area contributed by atoms with Crippen LogP contribution in [0.5, 0.6) is 17.2 Å². The van der Waals surface area contributed by atoms with E-state index < -0.39 is 0 Å². The molecule has 1 N–H and O–H groups in total. The molecule has 21 nitrogen and oxygen atoms in total. The molecule has 0 fully saturated rings. The Kier molecular flexibility index (Phi) is 14.7. The Balaban J connectivity index is 0.798. The number of phenolic OH excluding ortho intramolecular Hbond substituents is 1. The number of hydrogen-bond donors (Lipinski definition) is 1. The third-order valence-corrected chi connectivity index (χ3v) is 15.0. The molecule has 9 aromatic heterocycles. The summed E-state index contributed by atoms with van der Waals surface area (Å²) in [6, 6.07) is 36.9. The Bertz CT molecular complexity index is 4320. The average Bonchev–Trinajstić information content (AvgIpc) is 2.72. The van der Waals surface area contributed by atoms with Gasteiger partial charge in [-0.1, -0.05) is 18.2 Å². The van der Waals surface area contributed by atoms with E-state index in [1.165, 1.54) is 0 Å². The summed E-state index contributed by atoms with van der Waals surface area (Å²) in [4.78, 5) is 20.6. The molecule has 422 valence electrons. The molecule has 3 aromatic carbocycles. The van der Waals surface area contributed by atoms with E-state index in [0.29, 0.717) is 62.1 Å². The molecule has 0 saturated carbocycles. The minimum Gasteiger partial charge on any atom is -0.508 e. The zero-order valence-electron chi connectivity index (χ0n) is 48.3. The summed E-state index contributed by atoms with van der Waals surface area (Å²) >= 11 is 0. The largest absolute Gasteiger partial charge is 0.508 e. The summed E-state index contributed by atoms with van der Waals surface area (Å²) in [5.41, 5.74) is 14.4. The number of fused-ring (bicyclic) bond motifs is 3. The van der Waals surface area contributed by atoms with Crippen molar-refractivity contribution in [1.82, 2.24) is 74.9 Å². The van der Waals surface area contributed by atoms with Gasteiger partial charge in [-0.15, -0.1) is 15.3 Å². The van der Waals surface area contributed by atoms with E-state index in [-0.39, 0.29) is 5.75 Å². The number of hydrogen-bond acceptors (Lipinski definition) is 18. The van der Waals surface area contributed by atoms with Gasteiger partial charge in [0.05, 0.1) is 118 Å². The first-order valence-corrected chi connectivity index (χ1v) is 27.6. The highest BCUT2D eigenvalue weighted by Crippen LogP contribution is 2.35. The van der Waals surface area contributed by atoms with Gasteiger partial charge in [0.2, 0.25) is 0 Å². The number of rotatable bonds is 19. The lowest BCUT2D eigenvalue weighted by atomic mass is 10.1. The van der Waals surface area contributed by atoms with Crippen molar-refractivity contribution in [1.29, 1.82) is 0 Å². The first kappa shape index (κ1) is 54.2. The lowest BCUT2D eigenvalue weighted by Crippen LogP contribution is -2.20. The highest BCUT2D eigenvalue weighted by molar-refractivity contribution is 5.94. The van der Waals surface area contributed by atoms with Crippen molar-refractivity contribution in [2.45, 2.75) is 67.1 Å². The minimum absolute atomic E-state index is 0.166. The van der Waals surface area contributed by atoms with Crippen molar-refractivity contribution in [2.24, 2.45) is 0 Å². The molecule has 84 heavy (non-hydrogen) atoms. The fraction of sp³-hybridized carbons (Fsp3) is 0.238. The van der Waals surface area contributed by atoms with Gasteiger partial charge < -0.3 is 29.3 Å². The van der Waals surface area contributed by atoms with E-state index in [9.17, 15) is 5.11 Å². The quantitative estimate of drug-likeness (QED) is 0.0796. The van der Waals surface area contributed by atoms with E-state index in [0.717, 1.165) is 118 Å². The van der Waals surface area contributed by atoms with Crippen LogP contribution in [0, 0.1) is 27.7 Å². The zero-order valence-corrected chi connectivity index (χ0v) is 48.3. The SMILES string of the molecule is CCOc1ccc(-n2nc3c(N(C)Cc4ccc(Cc5nnc(N(C)Cc6ccc(Cc7c8c(C)nnc(N(C)Cc9ccccn9)c8nn7-c7ccc(OC)cc7)cn6)c6nn(-c7ccc(O)cc7)c(C)c56)cn4)nnc(C)c3c2C)cc1. The van der Waals surface area contributed by atoms with Crippen LogP contribution < -0.4 is 24.2 Å². The van der Waals surface area contributed by atoms with Crippen LogP contribution in [0.4, 0.5) is 17.5 Å². The normalized spacial score (nSPS) is 11.5. The monoisotopic (exact) mass is 1120 g/mol. The number of pyridine rings is 3. The Morgan fingerprint density at radius 1 is 0.476 bits per heavy atom. The minimum atomic E-state index is 0.166. The molecule has 0 saturated heterocycles. The van der Waals surface area contributed by atoms with Crippen LogP contribution in [-0.2, 0) is 32.5 Å². The highest BCUT2D eigenvalue weighted by atomic mass is 16.5. The molecule has 0 bridgehead atoms. The Morgan fingerprint density at radius 2 is 0.952 bits per heavy atom. The van der Waals surface area contributed by atoms with E-state index in [2.05, 4.69) is 44.4 Å². The summed E-state index contributed by atoms with van der Waals surface area (Å²) in [7, 11) is 7.59. The smallest absolute Gasteiger partial charge is 0.179 e. The molecule has 0 aliphatic heterocycles. The predicted octanol–water partition coefficient (Wildman–Crippen LogP) is 9.70. The molecule has 12 rings (SSSR count). The second kappa shape index (κ2) is 22.8. The molecule has 0 atom stereocenters. The van der Waals surface area contributed by atoms with Crippen molar-refractivity contribution in [2.75, 3.05) is 49.6 Å². The molecule has 21 heteroatoms. The third kappa shape index (κ3) is 10.6. The summed E-state index contributed by atoms with van der Waals surface area (Å²) in [6.07, 6.45) is 6.57. The molecule has 9 heterocycles. The molecule has 0 spiro atoms. The number of methoxy groups -OCH3 is 1. The molecule has 0 unspecified atom stereocenters. The average molecular weight is 1120 g/mol. The van der Waals surface area contributed by atoms with E-state index in [1.807, 2.05) is 181 Å². The number of aromatic hydroxyl groups is 1. The maximum Gasteiger partial charge on any atom is 0.179 e. The Morgan fingerprint density at radius 3 is 1.49 bits per heavy atom. The van der Waals surface area contributed by atoms with Crippen molar-refractivity contribution in [3.63, 3.8) is 0 Å². The maximum absolute atomic E-state index is 10.2. The predicted molar refractivity (Wildman–Crippen MR) is 323 cm³/mol. The molecule has 0 radical (unpaired) electrons. The van der Waals surface area contributed by atoms with Crippen molar-refractivity contribution < 1.29 is 14.6 Å². The van der Waals surface area contributed by atoms with Gasteiger partial charge in [-0.05, 0) is 143 Å². The lowest BCUT2D eigenvalue weighted by Gasteiger charge is -2.18. The highest BCUT2D eigenvalue weighted by Gasteiger charge is 2.26. The summed E-state index contributed by atoms with van der Waals surface area (Å²) < 4.78 is 17.0. The third-order valence-electron chi connectivity index (χ3n) is 15.0. The number of anilines is 3. The molecule has 0 aliphatic carbocycles. The fourth-order valence-corrected chi connectivity index (χ4v) is 10.8. The van der Waals surface area contributed by atoms with Gasteiger partial charge in [-0.3, -0.25) is 15.0 Å². The number of benzene rings is 3. The topological polar surface area (TPSA) is 218 Å².